The number of carbonyl (C=O) groups is 1. The fourth-order valence-corrected chi connectivity index (χ4v) is 2.56. The van der Waals surface area contributed by atoms with Crippen LogP contribution in [0, 0.1) is 0 Å². The number of ether oxygens (including phenoxy) is 1. The molecule has 1 aromatic heterocycles. The molecule has 0 fully saturated rings. The summed E-state index contributed by atoms with van der Waals surface area (Å²) in [7, 11) is 0. The Morgan fingerprint density at radius 3 is 2.41 bits per heavy atom. The van der Waals surface area contributed by atoms with Crippen LogP contribution in [0.2, 0.25) is 0 Å². The van der Waals surface area contributed by atoms with Crippen LogP contribution in [0.25, 0.3) is 10.8 Å². The molecular formula is C18H15F2N3O4. The number of fused-ring (bicyclic) bond motifs is 1. The zero-order chi connectivity index (χ0) is 19.4. The normalized spacial score (nSPS) is 10.9. The van der Waals surface area contributed by atoms with E-state index in [4.69, 9.17) is 0 Å². The number of benzene rings is 2. The van der Waals surface area contributed by atoms with Gasteiger partial charge in [0.1, 0.15) is 5.75 Å². The van der Waals surface area contributed by atoms with Gasteiger partial charge in [-0.25, -0.2) is 4.68 Å². The van der Waals surface area contributed by atoms with Crippen molar-refractivity contribution in [2.24, 2.45) is 0 Å². The van der Waals surface area contributed by atoms with Gasteiger partial charge in [-0.1, -0.05) is 12.1 Å². The molecule has 2 N–H and O–H groups in total. The van der Waals surface area contributed by atoms with Crippen LogP contribution >= 0.6 is 0 Å². The predicted molar refractivity (Wildman–Crippen MR) is 95.1 cm³/mol. The molecule has 9 heteroatoms. The number of nitrogens with one attached hydrogen (secondary N) is 2. The van der Waals surface area contributed by atoms with Crippen molar-refractivity contribution >= 4 is 22.4 Å². The Hall–Kier alpha value is -3.49. The molecule has 3 aromatic rings. The molecule has 7 nitrogen and oxygen atoms in total. The number of hydrogen-bond donors (Lipinski definition) is 2. The molecule has 0 atom stereocenters. The van der Waals surface area contributed by atoms with E-state index < -0.39 is 23.6 Å². The molecule has 1 amide bonds. The molecule has 0 saturated carbocycles. The van der Waals surface area contributed by atoms with Gasteiger partial charge in [0.15, 0.2) is 0 Å². The summed E-state index contributed by atoms with van der Waals surface area (Å²) in [5.74, 6) is -0.429. The van der Waals surface area contributed by atoms with Gasteiger partial charge in [-0.15, -0.1) is 0 Å². The van der Waals surface area contributed by atoms with Gasteiger partial charge in [0.25, 0.3) is 11.1 Å². The highest BCUT2D eigenvalue weighted by molar-refractivity contribution is 5.90. The molecular weight excluding hydrogens is 360 g/mol. The summed E-state index contributed by atoms with van der Waals surface area (Å²) >= 11 is 0. The highest BCUT2D eigenvalue weighted by atomic mass is 19.3. The maximum atomic E-state index is 12.4. The second-order valence-electron chi connectivity index (χ2n) is 5.64. The van der Waals surface area contributed by atoms with Crippen LogP contribution in [-0.4, -0.2) is 22.3 Å². The van der Waals surface area contributed by atoms with Crippen molar-refractivity contribution in [3.8, 4) is 5.75 Å². The zero-order valence-electron chi connectivity index (χ0n) is 13.9. The lowest BCUT2D eigenvalue weighted by Gasteiger charge is -2.09. The summed E-state index contributed by atoms with van der Waals surface area (Å²) < 4.78 is 29.5. The number of carbonyl (C=O) groups excluding carboxylic acids is 1. The lowest BCUT2D eigenvalue weighted by Crippen LogP contribution is -2.31. The Bertz CT molecular complexity index is 1070. The molecule has 0 spiro atoms. The van der Waals surface area contributed by atoms with Gasteiger partial charge in [0, 0.05) is 12.1 Å². The summed E-state index contributed by atoms with van der Waals surface area (Å²) in [5, 5.41) is 5.58. The topological polar surface area (TPSA) is 93.2 Å². The average Bonchev–Trinajstić information content (AvgIpc) is 2.65. The third-order valence-corrected chi connectivity index (χ3v) is 3.81. The van der Waals surface area contributed by atoms with Crippen molar-refractivity contribution in [1.29, 1.82) is 0 Å². The third-order valence-electron chi connectivity index (χ3n) is 3.81. The molecule has 0 unspecified atom stereocenters. The van der Waals surface area contributed by atoms with Gasteiger partial charge in [0.2, 0.25) is 5.91 Å². The fourth-order valence-electron chi connectivity index (χ4n) is 2.56. The maximum absolute atomic E-state index is 12.4. The van der Waals surface area contributed by atoms with E-state index in [2.05, 4.69) is 15.2 Å². The van der Waals surface area contributed by atoms with E-state index in [9.17, 15) is 23.2 Å². The lowest BCUT2D eigenvalue weighted by molar-refractivity contribution is -0.116. The number of alkyl halides is 2. The maximum Gasteiger partial charge on any atom is 0.387 e. The van der Waals surface area contributed by atoms with E-state index in [1.165, 1.54) is 24.3 Å². The highest BCUT2D eigenvalue weighted by Gasteiger charge is 2.09. The minimum atomic E-state index is -2.92. The van der Waals surface area contributed by atoms with E-state index in [1.807, 2.05) is 0 Å². The quantitative estimate of drug-likeness (QED) is 0.692. The van der Waals surface area contributed by atoms with E-state index in [-0.39, 0.29) is 29.5 Å². The molecule has 27 heavy (non-hydrogen) atoms. The molecule has 0 aliphatic carbocycles. The van der Waals surface area contributed by atoms with Gasteiger partial charge in [-0.2, -0.15) is 8.78 Å². The minimum absolute atomic E-state index is 0.0165. The SMILES string of the molecule is O=C(CCn1[nH]c(=O)c2ccccc2c1=O)Nc1ccc(OC(F)F)cc1. The van der Waals surface area contributed by atoms with Gasteiger partial charge >= 0.3 is 6.61 Å². The van der Waals surface area contributed by atoms with Crippen molar-refractivity contribution in [2.75, 3.05) is 5.32 Å². The van der Waals surface area contributed by atoms with Crippen LogP contribution in [0.1, 0.15) is 6.42 Å². The largest absolute Gasteiger partial charge is 0.435 e. The van der Waals surface area contributed by atoms with Crippen molar-refractivity contribution in [1.82, 2.24) is 9.78 Å². The van der Waals surface area contributed by atoms with Crippen LogP contribution in [0.4, 0.5) is 14.5 Å². The predicted octanol–water partition coefficient (Wildman–Crippen LogP) is 2.32. The molecule has 0 bridgehead atoms. The lowest BCUT2D eigenvalue weighted by atomic mass is 10.2. The second kappa shape index (κ2) is 7.81. The van der Waals surface area contributed by atoms with Gasteiger partial charge in [-0.05, 0) is 36.4 Å². The molecule has 0 saturated heterocycles. The monoisotopic (exact) mass is 375 g/mol. The van der Waals surface area contributed by atoms with E-state index in [1.54, 1.807) is 24.3 Å². The van der Waals surface area contributed by atoms with Crippen molar-refractivity contribution in [2.45, 2.75) is 19.6 Å². The minimum Gasteiger partial charge on any atom is -0.435 e. The van der Waals surface area contributed by atoms with Crippen LogP contribution in [0.5, 0.6) is 5.75 Å². The molecule has 0 aliphatic heterocycles. The molecule has 140 valence electrons. The third kappa shape index (κ3) is 4.38. The summed E-state index contributed by atoms with van der Waals surface area (Å²) in [6, 6.07) is 11.8. The number of hydrogen-bond acceptors (Lipinski definition) is 4. The number of halogens is 2. The molecule has 0 aliphatic rings. The first kappa shape index (κ1) is 18.3. The Kier molecular flexibility index (Phi) is 5.30. The Balaban J connectivity index is 1.66. The number of aromatic nitrogens is 2. The van der Waals surface area contributed by atoms with E-state index in [0.29, 0.717) is 5.69 Å². The second-order valence-corrected chi connectivity index (χ2v) is 5.64. The summed E-state index contributed by atoms with van der Waals surface area (Å²) in [4.78, 5) is 36.4. The standard InChI is InChI=1S/C18H15F2N3O4/c19-18(20)27-12-7-5-11(6-8-12)21-15(24)9-10-23-17(26)14-4-2-1-3-13(14)16(25)22-23/h1-8,18H,9-10H2,(H,21,24)(H,22,25). The molecule has 0 radical (unpaired) electrons. The number of H-pyrrole nitrogens is 1. The summed E-state index contributed by atoms with van der Waals surface area (Å²) in [6.45, 7) is -2.94. The van der Waals surface area contributed by atoms with Crippen molar-refractivity contribution in [3.63, 3.8) is 0 Å². The van der Waals surface area contributed by atoms with Crippen LogP contribution < -0.4 is 21.2 Å². The Labute approximate surface area is 151 Å². The fraction of sp³-hybridized carbons (Fsp3) is 0.167. The Morgan fingerprint density at radius 1 is 1.07 bits per heavy atom. The summed E-state index contributed by atoms with van der Waals surface area (Å²) in [5.41, 5.74) is -0.423. The van der Waals surface area contributed by atoms with E-state index >= 15 is 0 Å². The first-order chi connectivity index (χ1) is 12.9. The number of amides is 1. The molecule has 1 heterocycles. The van der Waals surface area contributed by atoms with Gasteiger partial charge in [-0.3, -0.25) is 19.5 Å². The highest BCUT2D eigenvalue weighted by Crippen LogP contribution is 2.17. The van der Waals surface area contributed by atoms with Crippen LogP contribution in [0.15, 0.2) is 58.1 Å². The van der Waals surface area contributed by atoms with Crippen molar-refractivity contribution in [3.05, 3.63) is 69.2 Å². The zero-order valence-corrected chi connectivity index (χ0v) is 13.9. The number of aromatic amines is 1. The Morgan fingerprint density at radius 2 is 1.74 bits per heavy atom. The number of aryl methyl sites for hydroxylation is 1. The van der Waals surface area contributed by atoms with Gasteiger partial charge < -0.3 is 10.1 Å². The average molecular weight is 375 g/mol. The first-order valence-corrected chi connectivity index (χ1v) is 8.00. The van der Waals surface area contributed by atoms with Crippen molar-refractivity contribution < 1.29 is 18.3 Å². The van der Waals surface area contributed by atoms with Gasteiger partial charge in [0.05, 0.1) is 17.3 Å². The number of anilines is 1. The number of rotatable bonds is 6. The van der Waals surface area contributed by atoms with Crippen LogP contribution in [-0.2, 0) is 11.3 Å². The molecule has 3 rings (SSSR count). The van der Waals surface area contributed by atoms with Crippen LogP contribution in [0.3, 0.4) is 0 Å². The number of nitrogens with zero attached hydrogens (tertiary/aromatic N) is 1. The van der Waals surface area contributed by atoms with E-state index in [0.717, 1.165) is 4.68 Å². The molecule has 2 aromatic carbocycles. The smallest absolute Gasteiger partial charge is 0.387 e. The first-order valence-electron chi connectivity index (χ1n) is 8.00. The summed E-state index contributed by atoms with van der Waals surface area (Å²) in [6.07, 6.45) is -0.0660.